The summed E-state index contributed by atoms with van der Waals surface area (Å²) in [5.41, 5.74) is 8.01. The van der Waals surface area contributed by atoms with Crippen molar-refractivity contribution in [2.45, 2.75) is 6.10 Å². The molecule has 0 aliphatic carbocycles. The zero-order valence-electron chi connectivity index (χ0n) is 8.60. The quantitative estimate of drug-likeness (QED) is 0.829. The van der Waals surface area contributed by atoms with Gasteiger partial charge in [-0.05, 0) is 23.8 Å². The Bertz CT molecular complexity index is 485. The van der Waals surface area contributed by atoms with Crippen molar-refractivity contribution < 1.29 is 5.11 Å². The molecular formula is C13H12BrNO. The summed E-state index contributed by atoms with van der Waals surface area (Å²) in [4.78, 5) is 0. The molecule has 3 heteroatoms. The molecule has 2 nitrogen and oxygen atoms in total. The van der Waals surface area contributed by atoms with Gasteiger partial charge in [-0.15, -0.1) is 0 Å². The lowest BCUT2D eigenvalue weighted by atomic mass is 10.0. The Morgan fingerprint density at radius 3 is 2.44 bits per heavy atom. The van der Waals surface area contributed by atoms with Gasteiger partial charge in [-0.1, -0.05) is 46.3 Å². The highest BCUT2D eigenvalue weighted by Crippen LogP contribution is 2.28. The molecule has 0 aliphatic heterocycles. The van der Waals surface area contributed by atoms with Gasteiger partial charge in [-0.2, -0.15) is 0 Å². The number of nitrogen functional groups attached to an aromatic ring is 1. The molecule has 0 aliphatic rings. The molecule has 0 heterocycles. The van der Waals surface area contributed by atoms with E-state index in [2.05, 4.69) is 15.9 Å². The van der Waals surface area contributed by atoms with Gasteiger partial charge in [0, 0.05) is 15.7 Å². The number of nitrogens with two attached hydrogens (primary N) is 1. The normalized spacial score (nSPS) is 12.4. The standard InChI is InChI=1S/C13H12BrNO/c14-10-6-7-12(15)11(8-10)13(16)9-4-2-1-3-5-9/h1-8,13,16H,15H2/t13-/m0/s1. The summed E-state index contributed by atoms with van der Waals surface area (Å²) >= 11 is 3.37. The highest BCUT2D eigenvalue weighted by atomic mass is 79.9. The van der Waals surface area contributed by atoms with Gasteiger partial charge in [0.05, 0.1) is 0 Å². The summed E-state index contributed by atoms with van der Waals surface area (Å²) in [7, 11) is 0. The average molecular weight is 278 g/mol. The minimum absolute atomic E-state index is 0.597. The molecule has 0 spiro atoms. The van der Waals surface area contributed by atoms with Gasteiger partial charge in [0.25, 0.3) is 0 Å². The van der Waals surface area contributed by atoms with Crippen LogP contribution in [0, 0.1) is 0 Å². The second-order valence-electron chi connectivity index (χ2n) is 3.59. The summed E-state index contributed by atoms with van der Waals surface area (Å²) in [5, 5.41) is 10.2. The highest BCUT2D eigenvalue weighted by Gasteiger charge is 2.13. The van der Waals surface area contributed by atoms with E-state index in [1.807, 2.05) is 42.5 Å². The van der Waals surface area contributed by atoms with Gasteiger partial charge in [-0.25, -0.2) is 0 Å². The summed E-state index contributed by atoms with van der Waals surface area (Å²) < 4.78 is 0.909. The molecule has 82 valence electrons. The number of hydrogen-bond acceptors (Lipinski definition) is 2. The fourth-order valence-electron chi connectivity index (χ4n) is 1.60. The molecular weight excluding hydrogens is 266 g/mol. The van der Waals surface area contributed by atoms with Crippen LogP contribution in [0.1, 0.15) is 17.2 Å². The third kappa shape index (κ3) is 2.26. The first-order valence-electron chi connectivity index (χ1n) is 4.96. The third-order valence-corrected chi connectivity index (χ3v) is 2.95. The first-order valence-corrected chi connectivity index (χ1v) is 5.75. The van der Waals surface area contributed by atoms with Gasteiger partial charge in [0.2, 0.25) is 0 Å². The van der Waals surface area contributed by atoms with Crippen LogP contribution in [-0.4, -0.2) is 5.11 Å². The van der Waals surface area contributed by atoms with Crippen LogP contribution in [0.5, 0.6) is 0 Å². The fraction of sp³-hybridized carbons (Fsp3) is 0.0769. The number of rotatable bonds is 2. The average Bonchev–Trinajstić information content (AvgIpc) is 2.32. The number of aliphatic hydroxyl groups excluding tert-OH is 1. The Hall–Kier alpha value is -1.32. The SMILES string of the molecule is Nc1ccc(Br)cc1[C@@H](O)c1ccccc1. The van der Waals surface area contributed by atoms with Crippen molar-refractivity contribution in [2.75, 3.05) is 5.73 Å². The molecule has 1 atom stereocenters. The molecule has 2 aromatic carbocycles. The van der Waals surface area contributed by atoms with Gasteiger partial charge in [0.1, 0.15) is 6.10 Å². The maximum Gasteiger partial charge on any atom is 0.106 e. The van der Waals surface area contributed by atoms with Crippen molar-refractivity contribution in [1.29, 1.82) is 0 Å². The molecule has 0 unspecified atom stereocenters. The third-order valence-electron chi connectivity index (χ3n) is 2.46. The van der Waals surface area contributed by atoms with Crippen LogP contribution in [0.15, 0.2) is 53.0 Å². The first kappa shape index (κ1) is 11.2. The van der Waals surface area contributed by atoms with Crippen molar-refractivity contribution in [3.63, 3.8) is 0 Å². The molecule has 0 saturated heterocycles. The van der Waals surface area contributed by atoms with Crippen LogP contribution >= 0.6 is 15.9 Å². The van der Waals surface area contributed by atoms with Crippen molar-refractivity contribution in [2.24, 2.45) is 0 Å². The Morgan fingerprint density at radius 2 is 1.75 bits per heavy atom. The van der Waals surface area contributed by atoms with E-state index in [0.717, 1.165) is 15.6 Å². The first-order chi connectivity index (χ1) is 7.68. The second kappa shape index (κ2) is 4.68. The smallest absolute Gasteiger partial charge is 0.106 e. The number of anilines is 1. The van der Waals surface area contributed by atoms with Crippen LogP contribution in [-0.2, 0) is 0 Å². The van der Waals surface area contributed by atoms with Crippen molar-refractivity contribution in [1.82, 2.24) is 0 Å². The van der Waals surface area contributed by atoms with Gasteiger partial charge in [0.15, 0.2) is 0 Å². The zero-order valence-corrected chi connectivity index (χ0v) is 10.2. The summed E-state index contributed by atoms with van der Waals surface area (Å²) in [6, 6.07) is 14.9. The predicted octanol–water partition coefficient (Wildman–Crippen LogP) is 3.11. The van der Waals surface area contributed by atoms with E-state index in [0.29, 0.717) is 5.69 Å². The molecule has 16 heavy (non-hydrogen) atoms. The number of benzene rings is 2. The number of aliphatic hydroxyl groups is 1. The maximum atomic E-state index is 10.2. The number of halogens is 1. The van der Waals surface area contributed by atoms with E-state index in [1.54, 1.807) is 6.07 Å². The summed E-state index contributed by atoms with van der Waals surface area (Å²) in [6.45, 7) is 0. The Labute approximate surface area is 103 Å². The van der Waals surface area contributed by atoms with Crippen molar-refractivity contribution in [3.05, 3.63) is 64.1 Å². The van der Waals surface area contributed by atoms with Crippen LogP contribution < -0.4 is 5.73 Å². The molecule has 2 aromatic rings. The van der Waals surface area contributed by atoms with E-state index < -0.39 is 6.10 Å². The van der Waals surface area contributed by atoms with Gasteiger partial charge in [-0.3, -0.25) is 0 Å². The lowest BCUT2D eigenvalue weighted by Gasteiger charge is -2.14. The van der Waals surface area contributed by atoms with Crippen LogP contribution in [0.2, 0.25) is 0 Å². The summed E-state index contributed by atoms with van der Waals surface area (Å²) in [6.07, 6.45) is -0.682. The molecule has 0 amide bonds. The Balaban J connectivity index is 2.41. The molecule has 0 aromatic heterocycles. The molecule has 2 rings (SSSR count). The van der Waals surface area contributed by atoms with E-state index in [9.17, 15) is 5.11 Å². The van der Waals surface area contributed by atoms with Gasteiger partial charge < -0.3 is 10.8 Å². The Kier molecular flexibility index (Phi) is 3.27. The van der Waals surface area contributed by atoms with Crippen LogP contribution in [0.3, 0.4) is 0 Å². The Morgan fingerprint density at radius 1 is 1.06 bits per heavy atom. The minimum Gasteiger partial charge on any atom is -0.398 e. The van der Waals surface area contributed by atoms with E-state index in [-0.39, 0.29) is 0 Å². The van der Waals surface area contributed by atoms with Crippen LogP contribution in [0.25, 0.3) is 0 Å². The van der Waals surface area contributed by atoms with Crippen LogP contribution in [0.4, 0.5) is 5.69 Å². The lowest BCUT2D eigenvalue weighted by Crippen LogP contribution is -2.03. The molecule has 0 bridgehead atoms. The fourth-order valence-corrected chi connectivity index (χ4v) is 1.98. The minimum atomic E-state index is -0.682. The zero-order chi connectivity index (χ0) is 11.5. The highest BCUT2D eigenvalue weighted by molar-refractivity contribution is 9.10. The molecule has 3 N–H and O–H groups in total. The number of hydrogen-bond donors (Lipinski definition) is 2. The predicted molar refractivity (Wildman–Crippen MR) is 69.1 cm³/mol. The van der Waals surface area contributed by atoms with E-state index in [1.165, 1.54) is 0 Å². The van der Waals surface area contributed by atoms with E-state index in [4.69, 9.17) is 5.73 Å². The van der Waals surface area contributed by atoms with Crippen molar-refractivity contribution >= 4 is 21.6 Å². The van der Waals surface area contributed by atoms with E-state index >= 15 is 0 Å². The molecule has 0 radical (unpaired) electrons. The summed E-state index contributed by atoms with van der Waals surface area (Å²) in [5.74, 6) is 0. The maximum absolute atomic E-state index is 10.2. The largest absolute Gasteiger partial charge is 0.398 e. The topological polar surface area (TPSA) is 46.2 Å². The van der Waals surface area contributed by atoms with Crippen molar-refractivity contribution in [3.8, 4) is 0 Å². The second-order valence-corrected chi connectivity index (χ2v) is 4.50. The molecule has 0 fully saturated rings. The molecule has 0 saturated carbocycles. The van der Waals surface area contributed by atoms with Gasteiger partial charge >= 0.3 is 0 Å². The lowest BCUT2D eigenvalue weighted by molar-refractivity contribution is 0.221. The monoisotopic (exact) mass is 277 g/mol.